The van der Waals surface area contributed by atoms with Crippen molar-refractivity contribution >= 4 is 11.0 Å². The van der Waals surface area contributed by atoms with Gasteiger partial charge in [-0.15, -0.1) is 15.0 Å². The first-order valence-electron chi connectivity index (χ1n) is 8.06. The number of ether oxygens (including phenoxy) is 1. The maximum absolute atomic E-state index is 10.2. The van der Waals surface area contributed by atoms with Crippen LogP contribution in [0.5, 0.6) is 11.5 Å². The molecule has 5 nitrogen and oxygen atoms in total. The molecule has 0 bridgehead atoms. The Hall–Kier alpha value is -2.56. The number of hydrogen-bond acceptors (Lipinski definition) is 4. The number of unbranched alkanes of at least 4 members (excludes halogenated alkanes) is 3. The van der Waals surface area contributed by atoms with Crippen LogP contribution in [0.25, 0.3) is 16.7 Å². The van der Waals surface area contributed by atoms with E-state index in [2.05, 4.69) is 17.1 Å². The van der Waals surface area contributed by atoms with Crippen molar-refractivity contribution in [1.29, 1.82) is 0 Å². The quantitative estimate of drug-likeness (QED) is 0.668. The molecule has 1 aromatic heterocycles. The van der Waals surface area contributed by atoms with Crippen molar-refractivity contribution in [2.75, 3.05) is 6.61 Å². The molecular formula is C18H21N3O2. The molecule has 120 valence electrons. The van der Waals surface area contributed by atoms with Crippen molar-refractivity contribution in [3.05, 3.63) is 42.5 Å². The van der Waals surface area contributed by atoms with Crippen molar-refractivity contribution in [3.63, 3.8) is 0 Å². The highest BCUT2D eigenvalue weighted by Crippen LogP contribution is 2.26. The zero-order valence-electron chi connectivity index (χ0n) is 13.3. The molecular weight excluding hydrogens is 290 g/mol. The standard InChI is InChI=1S/C18H21N3O2/c1-2-3-4-7-12-23-14-10-11-17(18(22)13-14)21-19-15-8-5-6-9-16(15)20-21/h5-6,8-11,13,22H,2-4,7,12H2,1H3. The number of phenolic OH excluding ortho intramolecular Hbond substituents is 1. The molecule has 1 heterocycles. The molecule has 0 amide bonds. The van der Waals surface area contributed by atoms with Gasteiger partial charge in [0.05, 0.1) is 6.61 Å². The van der Waals surface area contributed by atoms with Crippen molar-refractivity contribution in [3.8, 4) is 17.2 Å². The maximum Gasteiger partial charge on any atom is 0.146 e. The van der Waals surface area contributed by atoms with Gasteiger partial charge < -0.3 is 9.84 Å². The first kappa shape index (κ1) is 15.3. The lowest BCUT2D eigenvalue weighted by molar-refractivity contribution is 0.303. The normalized spacial score (nSPS) is 11.0. The topological polar surface area (TPSA) is 60.2 Å². The van der Waals surface area contributed by atoms with Crippen LogP contribution in [0.2, 0.25) is 0 Å². The van der Waals surface area contributed by atoms with E-state index in [0.29, 0.717) is 18.0 Å². The van der Waals surface area contributed by atoms with Crippen LogP contribution in [0.4, 0.5) is 0 Å². The van der Waals surface area contributed by atoms with Gasteiger partial charge in [0.15, 0.2) is 0 Å². The summed E-state index contributed by atoms with van der Waals surface area (Å²) in [5, 5.41) is 19.0. The molecule has 0 aliphatic heterocycles. The van der Waals surface area contributed by atoms with Gasteiger partial charge in [-0.25, -0.2) is 0 Å². The summed E-state index contributed by atoms with van der Waals surface area (Å²) in [7, 11) is 0. The SMILES string of the molecule is CCCCCCOc1ccc(-n2nc3ccccc3n2)c(O)c1. The highest BCUT2D eigenvalue weighted by Gasteiger charge is 2.09. The summed E-state index contributed by atoms with van der Waals surface area (Å²) < 4.78 is 5.67. The lowest BCUT2D eigenvalue weighted by Crippen LogP contribution is -2.01. The lowest BCUT2D eigenvalue weighted by atomic mass is 10.2. The average Bonchev–Trinajstić information content (AvgIpc) is 2.98. The van der Waals surface area contributed by atoms with E-state index in [1.807, 2.05) is 30.3 Å². The number of nitrogens with zero attached hydrogens (tertiary/aromatic N) is 3. The van der Waals surface area contributed by atoms with Crippen molar-refractivity contribution in [2.45, 2.75) is 32.6 Å². The van der Waals surface area contributed by atoms with E-state index < -0.39 is 0 Å². The summed E-state index contributed by atoms with van der Waals surface area (Å²) in [5.41, 5.74) is 2.13. The molecule has 0 saturated carbocycles. The highest BCUT2D eigenvalue weighted by molar-refractivity contribution is 5.73. The van der Waals surface area contributed by atoms with Crippen LogP contribution in [-0.4, -0.2) is 26.7 Å². The predicted molar refractivity (Wildman–Crippen MR) is 90.2 cm³/mol. The summed E-state index contributed by atoms with van der Waals surface area (Å²) in [5.74, 6) is 0.774. The van der Waals surface area contributed by atoms with E-state index in [1.165, 1.54) is 24.1 Å². The van der Waals surface area contributed by atoms with E-state index in [-0.39, 0.29) is 5.75 Å². The second-order valence-electron chi connectivity index (χ2n) is 5.54. The van der Waals surface area contributed by atoms with Gasteiger partial charge in [0, 0.05) is 6.07 Å². The smallest absolute Gasteiger partial charge is 0.146 e. The number of aromatic hydroxyl groups is 1. The molecule has 0 aliphatic rings. The first-order valence-corrected chi connectivity index (χ1v) is 8.06. The Morgan fingerprint density at radius 1 is 1.00 bits per heavy atom. The van der Waals surface area contributed by atoms with Gasteiger partial charge in [0.2, 0.25) is 0 Å². The van der Waals surface area contributed by atoms with E-state index in [4.69, 9.17) is 4.74 Å². The number of phenols is 1. The molecule has 1 N–H and O–H groups in total. The Labute approximate surface area is 135 Å². The zero-order chi connectivity index (χ0) is 16.1. The van der Waals surface area contributed by atoms with Crippen LogP contribution in [0, 0.1) is 0 Å². The van der Waals surface area contributed by atoms with Gasteiger partial charge in [0.1, 0.15) is 28.2 Å². The summed E-state index contributed by atoms with van der Waals surface area (Å²) >= 11 is 0. The Kier molecular flexibility index (Phi) is 4.76. The molecule has 5 heteroatoms. The molecule has 23 heavy (non-hydrogen) atoms. The number of hydrogen-bond donors (Lipinski definition) is 1. The minimum atomic E-state index is 0.108. The summed E-state index contributed by atoms with van der Waals surface area (Å²) in [6, 6.07) is 12.8. The van der Waals surface area contributed by atoms with Gasteiger partial charge in [-0.05, 0) is 30.7 Å². The Balaban J connectivity index is 1.71. The van der Waals surface area contributed by atoms with E-state index >= 15 is 0 Å². The molecule has 3 aromatic rings. The average molecular weight is 311 g/mol. The molecule has 0 fully saturated rings. The van der Waals surface area contributed by atoms with Crippen LogP contribution in [0.15, 0.2) is 42.5 Å². The maximum atomic E-state index is 10.2. The summed E-state index contributed by atoms with van der Waals surface area (Å²) in [6.45, 7) is 2.85. The fourth-order valence-corrected chi connectivity index (χ4v) is 2.45. The number of rotatable bonds is 7. The molecule has 2 aromatic carbocycles. The number of fused-ring (bicyclic) bond motifs is 1. The van der Waals surface area contributed by atoms with Crippen LogP contribution < -0.4 is 4.74 Å². The Morgan fingerprint density at radius 2 is 1.74 bits per heavy atom. The van der Waals surface area contributed by atoms with Crippen LogP contribution in [-0.2, 0) is 0 Å². The first-order chi connectivity index (χ1) is 11.3. The van der Waals surface area contributed by atoms with Gasteiger partial charge in [-0.2, -0.15) is 0 Å². The van der Waals surface area contributed by atoms with Crippen molar-refractivity contribution < 1.29 is 9.84 Å². The van der Waals surface area contributed by atoms with E-state index in [9.17, 15) is 5.11 Å². The third-order valence-corrected chi connectivity index (χ3v) is 3.72. The molecule has 0 spiro atoms. The Bertz CT molecular complexity index is 750. The number of benzene rings is 2. The monoisotopic (exact) mass is 311 g/mol. The highest BCUT2D eigenvalue weighted by atomic mass is 16.5. The van der Waals surface area contributed by atoms with Crippen molar-refractivity contribution in [1.82, 2.24) is 15.0 Å². The Morgan fingerprint density at radius 3 is 2.39 bits per heavy atom. The lowest BCUT2D eigenvalue weighted by Gasteiger charge is -2.08. The van der Waals surface area contributed by atoms with Gasteiger partial charge in [-0.3, -0.25) is 0 Å². The summed E-state index contributed by atoms with van der Waals surface area (Å²) in [4.78, 5) is 1.45. The molecule has 0 radical (unpaired) electrons. The largest absolute Gasteiger partial charge is 0.505 e. The fraction of sp³-hybridized carbons (Fsp3) is 0.333. The minimum absolute atomic E-state index is 0.108. The zero-order valence-corrected chi connectivity index (χ0v) is 13.3. The van der Waals surface area contributed by atoms with E-state index in [0.717, 1.165) is 17.5 Å². The minimum Gasteiger partial charge on any atom is -0.505 e. The van der Waals surface area contributed by atoms with Gasteiger partial charge in [-0.1, -0.05) is 38.3 Å². The molecule has 0 atom stereocenters. The van der Waals surface area contributed by atoms with Crippen LogP contribution >= 0.6 is 0 Å². The second-order valence-corrected chi connectivity index (χ2v) is 5.54. The molecule has 0 saturated heterocycles. The van der Waals surface area contributed by atoms with Gasteiger partial charge in [0.25, 0.3) is 0 Å². The van der Waals surface area contributed by atoms with Crippen LogP contribution in [0.3, 0.4) is 0 Å². The predicted octanol–water partition coefficient (Wildman–Crippen LogP) is 4.09. The van der Waals surface area contributed by atoms with Gasteiger partial charge >= 0.3 is 0 Å². The number of aromatic nitrogens is 3. The van der Waals surface area contributed by atoms with Crippen LogP contribution in [0.1, 0.15) is 32.6 Å². The molecule has 0 unspecified atom stereocenters. The third-order valence-electron chi connectivity index (χ3n) is 3.72. The second kappa shape index (κ2) is 7.13. The third kappa shape index (κ3) is 3.62. The molecule has 3 rings (SSSR count). The summed E-state index contributed by atoms with van der Waals surface area (Å²) in [6.07, 6.45) is 4.64. The van der Waals surface area contributed by atoms with E-state index in [1.54, 1.807) is 12.1 Å². The van der Waals surface area contributed by atoms with Crippen molar-refractivity contribution in [2.24, 2.45) is 0 Å². The fourth-order valence-electron chi connectivity index (χ4n) is 2.45. The molecule has 0 aliphatic carbocycles.